The van der Waals surface area contributed by atoms with Crippen molar-refractivity contribution < 1.29 is 23.8 Å². The van der Waals surface area contributed by atoms with Crippen LogP contribution in [0.5, 0.6) is 11.5 Å². The molecule has 0 radical (unpaired) electrons. The number of methoxy groups -OCH3 is 3. The number of rotatable bonds is 6. The highest BCUT2D eigenvalue weighted by Crippen LogP contribution is 2.34. The van der Waals surface area contributed by atoms with E-state index in [1.807, 2.05) is 30.3 Å². The van der Waals surface area contributed by atoms with E-state index in [9.17, 15) is 9.59 Å². The normalized spacial score (nSPS) is 10.6. The number of carbonyl (C=O) groups is 2. The zero-order chi connectivity index (χ0) is 24.2. The molecule has 0 bridgehead atoms. The summed E-state index contributed by atoms with van der Waals surface area (Å²) in [6.07, 6.45) is 1.66. The maximum absolute atomic E-state index is 13.5. The number of pyridine rings is 2. The number of anilines is 1. The fourth-order valence-electron chi connectivity index (χ4n) is 3.48. The van der Waals surface area contributed by atoms with Crippen LogP contribution < -0.4 is 14.8 Å². The van der Waals surface area contributed by atoms with Crippen molar-refractivity contribution in [3.05, 3.63) is 76.4 Å². The molecule has 8 nitrogen and oxygen atoms in total. The van der Waals surface area contributed by atoms with Crippen LogP contribution in [0.4, 0.5) is 5.69 Å². The van der Waals surface area contributed by atoms with Gasteiger partial charge in [0, 0.05) is 28.2 Å². The Balaban J connectivity index is 1.85. The molecule has 2 heterocycles. The van der Waals surface area contributed by atoms with Gasteiger partial charge in [-0.2, -0.15) is 0 Å². The number of aromatic nitrogens is 2. The van der Waals surface area contributed by atoms with Crippen LogP contribution in [0, 0.1) is 0 Å². The van der Waals surface area contributed by atoms with Gasteiger partial charge in [-0.05, 0) is 36.4 Å². The number of halogens is 1. The summed E-state index contributed by atoms with van der Waals surface area (Å²) in [6.45, 7) is 0. The Morgan fingerprint density at radius 1 is 0.882 bits per heavy atom. The molecule has 172 valence electrons. The standard InChI is InChI=1S/C25H20BrN3O5/c1-32-22-12-17(25(31)34-3)20(13-23(22)33-2)29-24(30)16-11-21(19-6-4-5-9-27-19)28-18-8-7-14(26)10-15(16)18/h4-13H,1-3H3,(H,29,30). The van der Waals surface area contributed by atoms with Gasteiger partial charge in [0.25, 0.3) is 5.91 Å². The molecule has 0 spiro atoms. The van der Waals surface area contributed by atoms with Crippen molar-refractivity contribution >= 4 is 44.4 Å². The Morgan fingerprint density at radius 3 is 2.32 bits per heavy atom. The van der Waals surface area contributed by atoms with Crippen molar-refractivity contribution in [1.29, 1.82) is 0 Å². The second-order valence-electron chi connectivity index (χ2n) is 7.13. The number of nitrogens with zero attached hydrogens (tertiary/aromatic N) is 2. The summed E-state index contributed by atoms with van der Waals surface area (Å²) < 4.78 is 16.3. The maximum Gasteiger partial charge on any atom is 0.340 e. The molecule has 2 aromatic heterocycles. The van der Waals surface area contributed by atoms with Crippen molar-refractivity contribution in [3.63, 3.8) is 0 Å². The number of amides is 1. The lowest BCUT2D eigenvalue weighted by atomic mass is 10.0. The first-order valence-electron chi connectivity index (χ1n) is 10.1. The fourth-order valence-corrected chi connectivity index (χ4v) is 3.84. The molecule has 2 aromatic carbocycles. The van der Waals surface area contributed by atoms with Crippen molar-refractivity contribution in [2.45, 2.75) is 0 Å². The first-order valence-corrected chi connectivity index (χ1v) is 10.9. The Kier molecular flexibility index (Phi) is 6.74. The number of fused-ring (bicyclic) bond motifs is 1. The number of hydrogen-bond donors (Lipinski definition) is 1. The van der Waals surface area contributed by atoms with Crippen LogP contribution in [-0.2, 0) is 4.74 Å². The van der Waals surface area contributed by atoms with E-state index in [0.29, 0.717) is 39.4 Å². The Bertz CT molecular complexity index is 1390. The molecule has 0 aliphatic rings. The predicted octanol–water partition coefficient (Wildman–Crippen LogP) is 5.12. The maximum atomic E-state index is 13.5. The third-order valence-electron chi connectivity index (χ3n) is 5.12. The van der Waals surface area contributed by atoms with E-state index in [2.05, 4.69) is 31.2 Å². The van der Waals surface area contributed by atoms with Crippen molar-refractivity contribution in [2.75, 3.05) is 26.6 Å². The number of nitrogens with one attached hydrogen (secondary N) is 1. The van der Waals surface area contributed by atoms with E-state index in [4.69, 9.17) is 14.2 Å². The lowest BCUT2D eigenvalue weighted by Gasteiger charge is -2.15. The Hall–Kier alpha value is -3.98. The largest absolute Gasteiger partial charge is 0.493 e. The topological polar surface area (TPSA) is 99.6 Å². The highest BCUT2D eigenvalue weighted by Gasteiger charge is 2.21. The van der Waals surface area contributed by atoms with Crippen molar-refractivity contribution in [3.8, 4) is 22.9 Å². The van der Waals surface area contributed by atoms with Crippen LogP contribution in [-0.4, -0.2) is 43.2 Å². The smallest absolute Gasteiger partial charge is 0.340 e. The first-order chi connectivity index (χ1) is 16.4. The van der Waals surface area contributed by atoms with Crippen molar-refractivity contribution in [1.82, 2.24) is 9.97 Å². The molecule has 0 saturated heterocycles. The second kappa shape index (κ2) is 9.88. The fraction of sp³-hybridized carbons (Fsp3) is 0.120. The van der Waals surface area contributed by atoms with Gasteiger partial charge in [0.05, 0.1) is 55.0 Å². The monoisotopic (exact) mass is 521 g/mol. The SMILES string of the molecule is COC(=O)c1cc(OC)c(OC)cc1NC(=O)c1cc(-c2ccccn2)nc2ccc(Br)cc12. The van der Waals surface area contributed by atoms with Gasteiger partial charge in [0.15, 0.2) is 11.5 Å². The van der Waals surface area contributed by atoms with E-state index in [1.54, 1.807) is 18.3 Å². The molecule has 1 amide bonds. The highest BCUT2D eigenvalue weighted by molar-refractivity contribution is 9.10. The number of ether oxygens (including phenoxy) is 3. The zero-order valence-corrected chi connectivity index (χ0v) is 20.2. The summed E-state index contributed by atoms with van der Waals surface area (Å²) in [4.78, 5) is 35.0. The minimum atomic E-state index is -0.632. The number of benzene rings is 2. The average Bonchev–Trinajstić information content (AvgIpc) is 2.87. The van der Waals surface area contributed by atoms with Gasteiger partial charge in [-0.25, -0.2) is 9.78 Å². The summed E-state index contributed by atoms with van der Waals surface area (Å²) in [6, 6.07) is 15.6. The predicted molar refractivity (Wildman–Crippen MR) is 132 cm³/mol. The second-order valence-corrected chi connectivity index (χ2v) is 8.05. The zero-order valence-electron chi connectivity index (χ0n) is 18.6. The quantitative estimate of drug-likeness (QED) is 0.351. The van der Waals surface area contributed by atoms with Crippen LogP contribution in [0.25, 0.3) is 22.3 Å². The van der Waals surface area contributed by atoms with Gasteiger partial charge < -0.3 is 19.5 Å². The third kappa shape index (κ3) is 4.55. The van der Waals surface area contributed by atoms with Gasteiger partial charge in [-0.15, -0.1) is 0 Å². The van der Waals surface area contributed by atoms with Crippen LogP contribution in [0.15, 0.2) is 65.3 Å². The van der Waals surface area contributed by atoms with Gasteiger partial charge in [0.1, 0.15) is 0 Å². The number of esters is 1. The van der Waals surface area contributed by atoms with Gasteiger partial charge >= 0.3 is 5.97 Å². The van der Waals surface area contributed by atoms with E-state index < -0.39 is 11.9 Å². The Morgan fingerprint density at radius 2 is 1.65 bits per heavy atom. The number of hydrogen-bond acceptors (Lipinski definition) is 7. The minimum absolute atomic E-state index is 0.123. The van der Waals surface area contributed by atoms with Gasteiger partial charge in [-0.1, -0.05) is 22.0 Å². The van der Waals surface area contributed by atoms with Crippen LogP contribution >= 0.6 is 15.9 Å². The molecule has 1 N–H and O–H groups in total. The molecular formula is C25H20BrN3O5. The Labute approximate surface area is 204 Å². The van der Waals surface area contributed by atoms with Gasteiger partial charge in [0.2, 0.25) is 0 Å². The molecule has 0 atom stereocenters. The van der Waals surface area contributed by atoms with Crippen LogP contribution in [0.3, 0.4) is 0 Å². The van der Waals surface area contributed by atoms with E-state index in [1.165, 1.54) is 33.5 Å². The first kappa shape index (κ1) is 23.2. The molecule has 4 rings (SSSR count). The van der Waals surface area contributed by atoms with Crippen molar-refractivity contribution in [2.24, 2.45) is 0 Å². The molecule has 4 aromatic rings. The summed E-state index contributed by atoms with van der Waals surface area (Å²) in [5.41, 5.74) is 2.49. The lowest BCUT2D eigenvalue weighted by molar-refractivity contribution is 0.0601. The minimum Gasteiger partial charge on any atom is -0.493 e. The molecule has 9 heteroatoms. The van der Waals surface area contributed by atoms with Crippen LogP contribution in [0.2, 0.25) is 0 Å². The van der Waals surface area contributed by atoms with Gasteiger partial charge in [-0.3, -0.25) is 9.78 Å². The summed E-state index contributed by atoms with van der Waals surface area (Å²) >= 11 is 3.46. The molecule has 0 aliphatic heterocycles. The van der Waals surface area contributed by atoms with E-state index >= 15 is 0 Å². The molecule has 0 unspecified atom stereocenters. The molecule has 34 heavy (non-hydrogen) atoms. The number of carbonyl (C=O) groups excluding carboxylic acids is 2. The molecule has 0 saturated carbocycles. The lowest BCUT2D eigenvalue weighted by Crippen LogP contribution is -2.17. The van der Waals surface area contributed by atoms with E-state index in [-0.39, 0.29) is 11.3 Å². The summed E-state index contributed by atoms with van der Waals surface area (Å²) in [7, 11) is 4.18. The summed E-state index contributed by atoms with van der Waals surface area (Å²) in [5, 5.41) is 3.45. The highest BCUT2D eigenvalue weighted by atomic mass is 79.9. The average molecular weight is 522 g/mol. The molecular weight excluding hydrogens is 502 g/mol. The van der Waals surface area contributed by atoms with Crippen LogP contribution in [0.1, 0.15) is 20.7 Å². The third-order valence-corrected chi connectivity index (χ3v) is 5.61. The van der Waals surface area contributed by atoms with E-state index in [0.717, 1.165) is 4.47 Å². The summed E-state index contributed by atoms with van der Waals surface area (Å²) in [5.74, 6) is -0.397. The molecule has 0 aliphatic carbocycles. The molecule has 0 fully saturated rings.